The molecule has 1 aromatic heterocycles. The lowest BCUT2D eigenvalue weighted by Gasteiger charge is -2.24. The summed E-state index contributed by atoms with van der Waals surface area (Å²) in [6.45, 7) is 8.07. The Balaban J connectivity index is 2.29. The van der Waals surface area contributed by atoms with E-state index in [1.165, 1.54) is 5.56 Å². The largest absolute Gasteiger partial charge is 0.351 e. The van der Waals surface area contributed by atoms with Gasteiger partial charge in [-0.25, -0.2) is 9.97 Å². The molecule has 21 heavy (non-hydrogen) atoms. The van der Waals surface area contributed by atoms with Crippen molar-refractivity contribution in [1.29, 1.82) is 0 Å². The van der Waals surface area contributed by atoms with Gasteiger partial charge in [0.15, 0.2) is 0 Å². The van der Waals surface area contributed by atoms with Gasteiger partial charge < -0.3 is 4.90 Å². The smallest absolute Gasteiger partial charge is 0.133 e. The van der Waals surface area contributed by atoms with Crippen LogP contribution < -0.4 is 4.90 Å². The molecule has 0 radical (unpaired) electrons. The van der Waals surface area contributed by atoms with Crippen molar-refractivity contribution in [2.24, 2.45) is 0 Å². The Kier molecular flexibility index (Phi) is 5.74. The summed E-state index contributed by atoms with van der Waals surface area (Å²) < 4.78 is 0. The van der Waals surface area contributed by atoms with Gasteiger partial charge in [0.05, 0.1) is 0 Å². The molecule has 0 spiro atoms. The van der Waals surface area contributed by atoms with Crippen LogP contribution >= 0.6 is 15.9 Å². The number of rotatable bonds is 6. The minimum absolute atomic E-state index is 0.339. The molecular formula is C17H22BrN3. The van der Waals surface area contributed by atoms with E-state index in [1.54, 1.807) is 0 Å². The van der Waals surface area contributed by atoms with E-state index in [9.17, 15) is 0 Å². The highest BCUT2D eigenvalue weighted by molar-refractivity contribution is 9.09. The summed E-state index contributed by atoms with van der Waals surface area (Å²) in [7, 11) is 0. The van der Waals surface area contributed by atoms with Gasteiger partial charge in [-0.05, 0) is 12.5 Å². The van der Waals surface area contributed by atoms with E-state index in [2.05, 4.69) is 70.0 Å². The van der Waals surface area contributed by atoms with Crippen molar-refractivity contribution in [2.75, 3.05) is 16.8 Å². The number of aryl methyl sites for hydroxylation is 1. The van der Waals surface area contributed by atoms with Crippen molar-refractivity contribution < 1.29 is 0 Å². The summed E-state index contributed by atoms with van der Waals surface area (Å²) in [6, 6.07) is 12.6. The maximum atomic E-state index is 4.74. The van der Waals surface area contributed by atoms with Crippen LogP contribution in [0.15, 0.2) is 36.4 Å². The van der Waals surface area contributed by atoms with E-state index < -0.39 is 0 Å². The topological polar surface area (TPSA) is 29.0 Å². The van der Waals surface area contributed by atoms with E-state index >= 15 is 0 Å². The summed E-state index contributed by atoms with van der Waals surface area (Å²) >= 11 is 3.54. The van der Waals surface area contributed by atoms with Crippen LogP contribution in [0.4, 0.5) is 5.82 Å². The predicted molar refractivity (Wildman–Crippen MR) is 92.1 cm³/mol. The quantitative estimate of drug-likeness (QED) is 0.729. The molecule has 0 aliphatic heterocycles. The van der Waals surface area contributed by atoms with Gasteiger partial charge in [0.2, 0.25) is 0 Å². The van der Waals surface area contributed by atoms with E-state index in [0.717, 1.165) is 35.8 Å². The van der Waals surface area contributed by atoms with Crippen LogP contribution in [0.3, 0.4) is 0 Å². The first-order valence-electron chi connectivity index (χ1n) is 7.30. The monoisotopic (exact) mass is 347 g/mol. The Morgan fingerprint density at radius 2 is 1.86 bits per heavy atom. The molecular weight excluding hydrogens is 326 g/mol. The first-order chi connectivity index (χ1) is 10.1. The molecule has 3 nitrogen and oxygen atoms in total. The molecule has 2 rings (SSSR count). The molecule has 4 heteroatoms. The number of halogens is 1. The lowest BCUT2D eigenvalue weighted by molar-refractivity contribution is 0.743. The second-order valence-electron chi connectivity index (χ2n) is 5.48. The predicted octanol–water partition coefficient (Wildman–Crippen LogP) is 4.31. The van der Waals surface area contributed by atoms with E-state index in [4.69, 9.17) is 4.98 Å². The highest BCUT2D eigenvalue weighted by atomic mass is 79.9. The number of hydrogen-bond donors (Lipinski definition) is 0. The normalized spacial score (nSPS) is 10.9. The van der Waals surface area contributed by atoms with Crippen molar-refractivity contribution >= 4 is 21.7 Å². The molecule has 0 amide bonds. The van der Waals surface area contributed by atoms with Crippen LogP contribution in [-0.2, 0) is 6.54 Å². The number of nitrogens with zero attached hydrogens (tertiary/aromatic N) is 3. The molecule has 0 bridgehead atoms. The Bertz CT molecular complexity index is 570. The Labute approximate surface area is 135 Å². The number of alkyl halides is 1. The molecule has 112 valence electrons. The van der Waals surface area contributed by atoms with Crippen molar-refractivity contribution in [1.82, 2.24) is 9.97 Å². The van der Waals surface area contributed by atoms with Crippen LogP contribution in [0.1, 0.15) is 36.8 Å². The van der Waals surface area contributed by atoms with Crippen LogP contribution in [0.25, 0.3) is 0 Å². The average molecular weight is 348 g/mol. The molecule has 1 aromatic carbocycles. The molecule has 2 aromatic rings. The zero-order valence-corrected chi connectivity index (χ0v) is 14.5. The van der Waals surface area contributed by atoms with Gasteiger partial charge in [-0.3, -0.25) is 0 Å². The van der Waals surface area contributed by atoms with Crippen LogP contribution in [0, 0.1) is 6.92 Å². The molecule has 0 saturated heterocycles. The average Bonchev–Trinajstić information content (AvgIpc) is 2.47. The number of hydrogen-bond acceptors (Lipinski definition) is 3. The fraction of sp³-hybridized carbons (Fsp3) is 0.412. The van der Waals surface area contributed by atoms with Crippen molar-refractivity contribution in [3.8, 4) is 0 Å². The summed E-state index contributed by atoms with van der Waals surface area (Å²) in [5.41, 5.74) is 2.32. The first kappa shape index (κ1) is 16.0. The van der Waals surface area contributed by atoms with Gasteiger partial charge in [-0.1, -0.05) is 60.1 Å². The molecule has 1 heterocycles. The molecule has 0 N–H and O–H groups in total. The van der Waals surface area contributed by atoms with Crippen molar-refractivity contribution in [2.45, 2.75) is 33.2 Å². The lowest BCUT2D eigenvalue weighted by Crippen LogP contribution is -2.26. The van der Waals surface area contributed by atoms with Crippen LogP contribution in [0.5, 0.6) is 0 Å². The van der Waals surface area contributed by atoms with Gasteiger partial charge in [-0.2, -0.15) is 0 Å². The maximum absolute atomic E-state index is 4.74. The third-order valence-corrected chi connectivity index (χ3v) is 3.62. The minimum atomic E-state index is 0.339. The lowest BCUT2D eigenvalue weighted by atomic mass is 10.2. The minimum Gasteiger partial charge on any atom is -0.351 e. The SMILES string of the molecule is Cc1cc(N(CCBr)Cc2ccccc2)nc(C(C)C)n1. The Morgan fingerprint density at radius 3 is 2.48 bits per heavy atom. The van der Waals surface area contributed by atoms with E-state index in [-0.39, 0.29) is 0 Å². The summed E-state index contributed by atoms with van der Waals surface area (Å²) in [4.78, 5) is 11.6. The maximum Gasteiger partial charge on any atom is 0.133 e. The van der Waals surface area contributed by atoms with Gasteiger partial charge in [0.25, 0.3) is 0 Å². The standard InChI is InChI=1S/C17H22BrN3/c1-13(2)17-19-14(3)11-16(20-17)21(10-9-18)12-15-7-5-4-6-8-15/h4-8,11,13H,9-10,12H2,1-3H3. The van der Waals surface area contributed by atoms with Crippen LogP contribution in [0.2, 0.25) is 0 Å². The summed E-state index contributed by atoms with van der Waals surface area (Å²) in [6.07, 6.45) is 0. The molecule has 0 atom stereocenters. The Morgan fingerprint density at radius 1 is 1.14 bits per heavy atom. The molecule has 0 aliphatic carbocycles. The van der Waals surface area contributed by atoms with Crippen molar-refractivity contribution in [3.05, 3.63) is 53.5 Å². The van der Waals surface area contributed by atoms with Crippen LogP contribution in [-0.4, -0.2) is 21.8 Å². The van der Waals surface area contributed by atoms with Crippen molar-refractivity contribution in [3.63, 3.8) is 0 Å². The molecule has 0 aliphatic rings. The summed E-state index contributed by atoms with van der Waals surface area (Å²) in [5, 5.41) is 0.917. The zero-order valence-electron chi connectivity index (χ0n) is 12.9. The van der Waals surface area contributed by atoms with E-state index in [0.29, 0.717) is 5.92 Å². The molecule has 0 fully saturated rings. The number of aromatic nitrogens is 2. The fourth-order valence-corrected chi connectivity index (χ4v) is 2.60. The Hall–Kier alpha value is -1.42. The second-order valence-corrected chi connectivity index (χ2v) is 6.27. The molecule has 0 saturated carbocycles. The van der Waals surface area contributed by atoms with Gasteiger partial charge in [-0.15, -0.1) is 0 Å². The van der Waals surface area contributed by atoms with Gasteiger partial charge in [0, 0.05) is 36.1 Å². The highest BCUT2D eigenvalue weighted by Gasteiger charge is 2.12. The van der Waals surface area contributed by atoms with E-state index in [1.807, 2.05) is 13.0 Å². The van der Waals surface area contributed by atoms with Gasteiger partial charge >= 0.3 is 0 Å². The third-order valence-electron chi connectivity index (χ3n) is 3.27. The fourth-order valence-electron chi connectivity index (χ4n) is 2.18. The summed E-state index contributed by atoms with van der Waals surface area (Å²) in [5.74, 6) is 2.26. The zero-order chi connectivity index (χ0) is 15.2. The third kappa shape index (κ3) is 4.53. The van der Waals surface area contributed by atoms with Gasteiger partial charge in [0.1, 0.15) is 11.6 Å². The first-order valence-corrected chi connectivity index (χ1v) is 8.42. The molecule has 0 unspecified atom stereocenters. The second kappa shape index (κ2) is 7.55. The number of anilines is 1. The highest BCUT2D eigenvalue weighted by Crippen LogP contribution is 2.19. The number of benzene rings is 1.